The van der Waals surface area contributed by atoms with Crippen LogP contribution in [0, 0.1) is 0 Å². The molecule has 1 aliphatic heterocycles. The van der Waals surface area contributed by atoms with E-state index in [4.69, 9.17) is 19.3 Å². The van der Waals surface area contributed by atoms with Crippen LogP contribution in [0.5, 0.6) is 5.75 Å². The number of aliphatic hydroxyl groups is 5. The van der Waals surface area contributed by atoms with E-state index >= 15 is 0 Å². The highest BCUT2D eigenvalue weighted by Crippen LogP contribution is 2.25. The molecule has 1 fully saturated rings. The third kappa shape index (κ3) is 6.83. The number of hydrogen-bond donors (Lipinski definition) is 6. The van der Waals surface area contributed by atoms with Gasteiger partial charge in [-0.2, -0.15) is 0 Å². The van der Waals surface area contributed by atoms with Gasteiger partial charge >= 0.3 is 17.9 Å². The van der Waals surface area contributed by atoms with Crippen LogP contribution in [0.15, 0.2) is 24.3 Å². The number of methoxy groups -OCH3 is 1. The monoisotopic (exact) mass is 474 g/mol. The molecule has 6 N–H and O–H groups in total. The van der Waals surface area contributed by atoms with Crippen LogP contribution in [0.25, 0.3) is 0 Å². The quantitative estimate of drug-likeness (QED) is 0.197. The van der Waals surface area contributed by atoms with Crippen LogP contribution in [-0.4, -0.2) is 98.6 Å². The zero-order chi connectivity index (χ0) is 24.8. The highest BCUT2D eigenvalue weighted by Gasteiger charge is 2.45. The molecule has 1 heterocycles. The van der Waals surface area contributed by atoms with Crippen molar-refractivity contribution in [2.24, 2.45) is 0 Å². The predicted octanol–water partition coefficient (Wildman–Crippen LogP) is -2.32. The minimum Gasteiger partial charge on any atom is -0.481 e. The molecular weight excluding hydrogens is 448 g/mol. The lowest BCUT2D eigenvalue weighted by Crippen LogP contribution is -2.60. The summed E-state index contributed by atoms with van der Waals surface area (Å²) in [6.07, 6.45) is -9.21. The zero-order valence-corrected chi connectivity index (χ0v) is 17.6. The van der Waals surface area contributed by atoms with Crippen LogP contribution >= 0.6 is 0 Å². The molecule has 0 spiro atoms. The fourth-order valence-electron chi connectivity index (χ4n) is 3.01. The molecule has 33 heavy (non-hydrogen) atoms. The Morgan fingerprint density at radius 2 is 1.67 bits per heavy atom. The Morgan fingerprint density at radius 3 is 2.21 bits per heavy atom. The SMILES string of the molecule is COC(=O)CC(O)(CC(=O)O)C(=O)OCc1ccc(O[C@@H]2O[C@H](CO)[C@@H](O)[C@H](O)[C@H]2O)cc1. The van der Waals surface area contributed by atoms with Crippen LogP contribution in [0.2, 0.25) is 0 Å². The summed E-state index contributed by atoms with van der Waals surface area (Å²) in [7, 11) is 1.02. The maximum atomic E-state index is 12.2. The van der Waals surface area contributed by atoms with Crippen LogP contribution in [-0.2, 0) is 35.2 Å². The lowest BCUT2D eigenvalue weighted by Gasteiger charge is -2.39. The van der Waals surface area contributed by atoms with E-state index in [1.165, 1.54) is 24.3 Å². The largest absolute Gasteiger partial charge is 0.481 e. The summed E-state index contributed by atoms with van der Waals surface area (Å²) in [4.78, 5) is 34.6. The van der Waals surface area contributed by atoms with Gasteiger partial charge in [0.1, 0.15) is 36.8 Å². The molecule has 0 radical (unpaired) electrons. The minimum atomic E-state index is -2.61. The molecule has 184 valence electrons. The summed E-state index contributed by atoms with van der Waals surface area (Å²) in [5, 5.41) is 58.0. The first-order valence-corrected chi connectivity index (χ1v) is 9.75. The number of benzene rings is 1. The summed E-state index contributed by atoms with van der Waals surface area (Å²) in [5.41, 5.74) is -2.20. The third-order valence-electron chi connectivity index (χ3n) is 4.88. The molecule has 2 rings (SSSR count). The Bertz CT molecular complexity index is 824. The average molecular weight is 474 g/mol. The van der Waals surface area contributed by atoms with Gasteiger partial charge in [0, 0.05) is 0 Å². The number of aliphatic hydroxyl groups excluding tert-OH is 4. The number of ether oxygens (including phenoxy) is 4. The van der Waals surface area contributed by atoms with E-state index in [0.717, 1.165) is 7.11 Å². The molecule has 0 aliphatic carbocycles. The van der Waals surface area contributed by atoms with Crippen molar-refractivity contribution in [1.82, 2.24) is 0 Å². The summed E-state index contributed by atoms with van der Waals surface area (Å²) in [6.45, 7) is -0.985. The molecular formula is C20H26O13. The average Bonchev–Trinajstić information content (AvgIpc) is 2.77. The highest BCUT2D eigenvalue weighted by molar-refractivity contribution is 5.89. The number of aliphatic carboxylic acids is 1. The van der Waals surface area contributed by atoms with E-state index in [-0.39, 0.29) is 12.4 Å². The molecule has 0 amide bonds. The molecule has 6 atom stereocenters. The Kier molecular flexibility index (Phi) is 9.10. The molecule has 1 saturated heterocycles. The predicted molar refractivity (Wildman–Crippen MR) is 104 cm³/mol. The molecule has 1 aromatic rings. The maximum Gasteiger partial charge on any atom is 0.339 e. The number of carboxylic acid groups (broad SMARTS) is 1. The van der Waals surface area contributed by atoms with E-state index < -0.39 is 73.7 Å². The highest BCUT2D eigenvalue weighted by atomic mass is 16.7. The second kappa shape index (κ2) is 11.4. The van der Waals surface area contributed by atoms with Crippen molar-refractivity contribution < 1.29 is 64.0 Å². The van der Waals surface area contributed by atoms with Crippen molar-refractivity contribution in [2.45, 2.75) is 55.8 Å². The molecule has 1 unspecified atom stereocenters. The van der Waals surface area contributed by atoms with Crippen molar-refractivity contribution in [3.8, 4) is 5.75 Å². The van der Waals surface area contributed by atoms with E-state index in [1.54, 1.807) is 0 Å². The summed E-state index contributed by atoms with van der Waals surface area (Å²) >= 11 is 0. The lowest BCUT2D eigenvalue weighted by molar-refractivity contribution is -0.277. The van der Waals surface area contributed by atoms with Crippen LogP contribution in [0.4, 0.5) is 0 Å². The first-order valence-electron chi connectivity index (χ1n) is 9.75. The first-order chi connectivity index (χ1) is 15.5. The van der Waals surface area contributed by atoms with Gasteiger partial charge in [-0.25, -0.2) is 4.79 Å². The van der Waals surface area contributed by atoms with Gasteiger partial charge in [0.25, 0.3) is 0 Å². The van der Waals surface area contributed by atoms with E-state index in [9.17, 15) is 39.9 Å². The van der Waals surface area contributed by atoms with Gasteiger partial charge < -0.3 is 49.6 Å². The van der Waals surface area contributed by atoms with Gasteiger partial charge in [0.15, 0.2) is 5.60 Å². The maximum absolute atomic E-state index is 12.2. The standard InChI is InChI=1S/C20H26O13/c1-30-14(24)7-20(29,6-13(22)23)19(28)31-9-10-2-4-11(5-3-10)32-18-17(27)16(26)15(25)12(8-21)33-18/h2-5,12,15-18,21,25-27,29H,6-9H2,1H3,(H,22,23)/t12-,15-,16+,17-,18-,20?/m1/s1. The van der Waals surface area contributed by atoms with Gasteiger partial charge in [-0.05, 0) is 17.7 Å². The van der Waals surface area contributed by atoms with Gasteiger partial charge in [0.05, 0.1) is 26.6 Å². The number of carbonyl (C=O) groups is 3. The first kappa shape index (κ1) is 26.4. The van der Waals surface area contributed by atoms with Crippen molar-refractivity contribution in [2.75, 3.05) is 13.7 Å². The Balaban J connectivity index is 1.99. The normalized spacial score (nSPS) is 26.7. The Labute approximate surface area is 187 Å². The smallest absolute Gasteiger partial charge is 0.339 e. The van der Waals surface area contributed by atoms with Crippen molar-refractivity contribution in [1.29, 1.82) is 0 Å². The summed E-state index contributed by atoms with van der Waals surface area (Å²) in [6, 6.07) is 5.71. The molecule has 13 heteroatoms. The van der Waals surface area contributed by atoms with Crippen molar-refractivity contribution in [3.05, 3.63) is 29.8 Å². The number of carbonyl (C=O) groups excluding carboxylic acids is 2. The lowest BCUT2D eigenvalue weighted by atomic mass is 9.95. The van der Waals surface area contributed by atoms with Gasteiger partial charge in [-0.3, -0.25) is 9.59 Å². The summed E-state index contributed by atoms with van der Waals surface area (Å²) < 4.78 is 20.0. The van der Waals surface area contributed by atoms with E-state index in [1.807, 2.05) is 0 Å². The minimum absolute atomic E-state index is 0.169. The molecule has 0 saturated carbocycles. The van der Waals surface area contributed by atoms with Gasteiger partial charge in [0.2, 0.25) is 6.29 Å². The number of carboxylic acids is 1. The fourth-order valence-corrected chi connectivity index (χ4v) is 3.01. The second-order valence-corrected chi connectivity index (χ2v) is 7.39. The molecule has 0 bridgehead atoms. The number of hydrogen-bond acceptors (Lipinski definition) is 12. The van der Waals surface area contributed by atoms with Crippen LogP contribution < -0.4 is 4.74 Å². The third-order valence-corrected chi connectivity index (χ3v) is 4.88. The fraction of sp³-hybridized carbons (Fsp3) is 0.550. The molecule has 1 aliphatic rings. The molecule has 1 aromatic carbocycles. The Morgan fingerprint density at radius 1 is 1.03 bits per heavy atom. The van der Waals surface area contributed by atoms with Crippen molar-refractivity contribution >= 4 is 17.9 Å². The zero-order valence-electron chi connectivity index (χ0n) is 17.6. The van der Waals surface area contributed by atoms with Crippen LogP contribution in [0.3, 0.4) is 0 Å². The number of rotatable bonds is 10. The van der Waals surface area contributed by atoms with E-state index in [2.05, 4.69) is 4.74 Å². The Hall–Kier alpha value is -2.81. The van der Waals surface area contributed by atoms with E-state index in [0.29, 0.717) is 5.56 Å². The van der Waals surface area contributed by atoms with Crippen molar-refractivity contribution in [3.63, 3.8) is 0 Å². The van der Waals surface area contributed by atoms with Crippen LogP contribution in [0.1, 0.15) is 18.4 Å². The second-order valence-electron chi connectivity index (χ2n) is 7.39. The number of esters is 2. The van der Waals surface area contributed by atoms with Gasteiger partial charge in [-0.1, -0.05) is 12.1 Å². The topological polar surface area (TPSA) is 210 Å². The molecule has 0 aromatic heterocycles. The molecule has 13 nitrogen and oxygen atoms in total. The van der Waals surface area contributed by atoms with Gasteiger partial charge in [-0.15, -0.1) is 0 Å². The summed E-state index contributed by atoms with van der Waals surface area (Å²) in [5.74, 6) is -3.67.